The van der Waals surface area contributed by atoms with Gasteiger partial charge in [-0.05, 0) is 22.3 Å². The molecule has 0 aliphatic carbocycles. The van der Waals surface area contributed by atoms with Gasteiger partial charge in [0.25, 0.3) is 0 Å². The molecular formula is C23H22O4S3. The Morgan fingerprint density at radius 2 is 1.07 bits per heavy atom. The maximum Gasteiger partial charge on any atom is 0.330 e. The average Bonchev–Trinajstić information content (AvgIpc) is 2.79. The Bertz CT molecular complexity index is 816. The number of thioether (sulfide) groups is 2. The van der Waals surface area contributed by atoms with Crippen molar-refractivity contribution in [2.45, 2.75) is 24.7 Å². The van der Waals surface area contributed by atoms with Crippen LogP contribution in [0.4, 0.5) is 0 Å². The topological polar surface area (TPSA) is 52.6 Å². The minimum atomic E-state index is -0.428. The minimum Gasteiger partial charge on any atom is -0.458 e. The first-order valence-electron chi connectivity index (χ1n) is 9.03. The van der Waals surface area contributed by atoms with Crippen molar-refractivity contribution in [3.05, 3.63) is 96.1 Å². The number of hydrogen-bond acceptors (Lipinski definition) is 7. The van der Waals surface area contributed by atoms with Crippen LogP contribution in [-0.4, -0.2) is 15.5 Å². The zero-order valence-corrected chi connectivity index (χ0v) is 18.8. The molecule has 156 valence electrons. The lowest BCUT2D eigenvalue weighted by molar-refractivity contribution is -0.139. The van der Waals surface area contributed by atoms with Gasteiger partial charge in [0.15, 0.2) is 0 Å². The number of esters is 2. The molecule has 4 nitrogen and oxygen atoms in total. The summed E-state index contributed by atoms with van der Waals surface area (Å²) in [4.78, 5) is 22.2. The van der Waals surface area contributed by atoms with Crippen LogP contribution < -0.4 is 0 Å². The highest BCUT2D eigenvalue weighted by Gasteiger charge is 2.04. The van der Waals surface area contributed by atoms with E-state index in [0.29, 0.717) is 0 Å². The first-order valence-corrected chi connectivity index (χ1v) is 11.4. The molecule has 0 radical (unpaired) electrons. The fourth-order valence-electron chi connectivity index (χ4n) is 2.22. The molecule has 0 aliphatic heterocycles. The van der Waals surface area contributed by atoms with Crippen molar-refractivity contribution in [2.75, 3.05) is 0 Å². The largest absolute Gasteiger partial charge is 0.458 e. The molecule has 2 aromatic carbocycles. The second kappa shape index (κ2) is 13.1. The average molecular weight is 459 g/mol. The highest BCUT2D eigenvalue weighted by Crippen LogP contribution is 2.25. The Morgan fingerprint density at radius 1 is 0.733 bits per heavy atom. The van der Waals surface area contributed by atoms with Gasteiger partial charge in [-0.1, -0.05) is 73.9 Å². The predicted octanol–water partition coefficient (Wildman–Crippen LogP) is 5.60. The fraction of sp³-hybridized carbons (Fsp3) is 0.174. The molecule has 0 amide bonds. The molecule has 0 atom stereocenters. The van der Waals surface area contributed by atoms with Crippen LogP contribution in [0.25, 0.3) is 0 Å². The predicted molar refractivity (Wildman–Crippen MR) is 128 cm³/mol. The van der Waals surface area contributed by atoms with E-state index >= 15 is 0 Å². The van der Waals surface area contributed by atoms with Crippen LogP contribution in [0.15, 0.2) is 73.8 Å². The van der Waals surface area contributed by atoms with Gasteiger partial charge in [-0.2, -0.15) is 0 Å². The fourth-order valence-corrected chi connectivity index (χ4v) is 4.21. The molecular weight excluding hydrogens is 436 g/mol. The second-order valence-electron chi connectivity index (χ2n) is 6.08. The second-order valence-corrected chi connectivity index (χ2v) is 9.24. The summed E-state index contributed by atoms with van der Waals surface area (Å²) in [5.41, 5.74) is 4.16. The molecule has 0 saturated heterocycles. The summed E-state index contributed by atoms with van der Waals surface area (Å²) in [6, 6.07) is 15.8. The molecule has 2 aromatic rings. The van der Waals surface area contributed by atoms with Gasteiger partial charge in [-0.3, -0.25) is 0 Å². The molecule has 30 heavy (non-hydrogen) atoms. The Morgan fingerprint density at radius 3 is 1.40 bits per heavy atom. The van der Waals surface area contributed by atoms with Crippen molar-refractivity contribution in [1.29, 1.82) is 0 Å². The van der Waals surface area contributed by atoms with Crippen molar-refractivity contribution >= 4 is 51.2 Å². The molecule has 0 N–H and O–H groups in total. The van der Waals surface area contributed by atoms with Crippen LogP contribution in [0.3, 0.4) is 0 Å². The number of carbonyl (C=O) groups excluding carboxylic acids is 2. The molecule has 0 aromatic heterocycles. The maximum absolute atomic E-state index is 11.1. The van der Waals surface area contributed by atoms with Crippen LogP contribution in [0.2, 0.25) is 0 Å². The lowest BCUT2D eigenvalue weighted by atomic mass is 10.2. The molecule has 0 spiro atoms. The molecule has 7 heteroatoms. The van der Waals surface area contributed by atoms with Crippen molar-refractivity contribution < 1.29 is 19.1 Å². The third-order valence-corrected chi connectivity index (χ3v) is 6.70. The first kappa shape index (κ1) is 23.9. The highest BCUT2D eigenvalue weighted by molar-refractivity contribution is 8.46. The van der Waals surface area contributed by atoms with Gasteiger partial charge in [0.1, 0.15) is 16.7 Å². The quantitative estimate of drug-likeness (QED) is 0.261. The van der Waals surface area contributed by atoms with Crippen LogP contribution in [0.1, 0.15) is 22.3 Å². The lowest BCUT2D eigenvalue weighted by Gasteiger charge is -2.07. The number of ether oxygens (including phenoxy) is 2. The molecule has 0 saturated carbocycles. The maximum atomic E-state index is 11.1. The third-order valence-electron chi connectivity index (χ3n) is 3.85. The van der Waals surface area contributed by atoms with Gasteiger partial charge in [-0.15, -0.1) is 23.5 Å². The summed E-state index contributed by atoms with van der Waals surface area (Å²) >= 11 is 8.71. The minimum absolute atomic E-state index is 0.238. The van der Waals surface area contributed by atoms with Gasteiger partial charge in [0.05, 0.1) is 0 Å². The number of hydrogen-bond donors (Lipinski definition) is 0. The number of carbonyl (C=O) groups is 2. The van der Waals surface area contributed by atoms with E-state index in [4.69, 9.17) is 21.7 Å². The summed E-state index contributed by atoms with van der Waals surface area (Å²) in [5.74, 6) is 0.712. The summed E-state index contributed by atoms with van der Waals surface area (Å²) in [7, 11) is 0. The monoisotopic (exact) mass is 458 g/mol. The summed E-state index contributed by atoms with van der Waals surface area (Å²) in [5, 5.41) is 0. The smallest absolute Gasteiger partial charge is 0.330 e. The summed E-state index contributed by atoms with van der Waals surface area (Å²) in [6.45, 7) is 7.22. The standard InChI is InChI=1S/C23H22O4S3/c1-3-21(24)26-13-17-5-9-19(10-6-17)15-29-23(28)30-16-20-11-7-18(8-12-20)14-27-22(25)4-2/h3-12H,1-2,13-16H2. The molecule has 2 rings (SSSR count). The van der Waals surface area contributed by atoms with Crippen molar-refractivity contribution in [3.8, 4) is 0 Å². The molecule has 0 fully saturated rings. The number of benzene rings is 2. The molecule has 0 aliphatic rings. The normalized spacial score (nSPS) is 10.1. The van der Waals surface area contributed by atoms with E-state index in [1.807, 2.05) is 48.5 Å². The number of thiocarbonyl (C=S) groups is 1. The Kier molecular flexibility index (Phi) is 10.4. The van der Waals surface area contributed by atoms with Gasteiger partial charge >= 0.3 is 11.9 Å². The van der Waals surface area contributed by atoms with Crippen LogP contribution in [0.5, 0.6) is 0 Å². The highest BCUT2D eigenvalue weighted by atomic mass is 32.2. The van der Waals surface area contributed by atoms with Gasteiger partial charge < -0.3 is 9.47 Å². The number of rotatable bonds is 10. The molecule has 0 bridgehead atoms. The summed E-state index contributed by atoms with van der Waals surface area (Å²) < 4.78 is 10.9. The van der Waals surface area contributed by atoms with Crippen LogP contribution in [-0.2, 0) is 43.8 Å². The lowest BCUT2D eigenvalue weighted by Crippen LogP contribution is -2.00. The van der Waals surface area contributed by atoms with Crippen molar-refractivity contribution in [2.24, 2.45) is 0 Å². The Hall–Kier alpha value is -2.35. The van der Waals surface area contributed by atoms with E-state index in [2.05, 4.69) is 13.2 Å². The van der Waals surface area contributed by atoms with Crippen LogP contribution >= 0.6 is 35.7 Å². The van der Waals surface area contributed by atoms with Crippen molar-refractivity contribution in [3.63, 3.8) is 0 Å². The van der Waals surface area contributed by atoms with Crippen LogP contribution in [0, 0.1) is 0 Å². The Balaban J connectivity index is 1.70. The SMILES string of the molecule is C=CC(=O)OCc1ccc(CSC(=S)SCc2ccc(COC(=O)C=C)cc2)cc1. The van der Waals surface area contributed by atoms with E-state index in [-0.39, 0.29) is 13.2 Å². The zero-order valence-electron chi connectivity index (χ0n) is 16.4. The van der Waals surface area contributed by atoms with E-state index in [9.17, 15) is 9.59 Å². The Labute approximate surface area is 190 Å². The first-order chi connectivity index (χ1) is 14.5. The van der Waals surface area contributed by atoms with E-state index in [0.717, 1.165) is 49.4 Å². The van der Waals surface area contributed by atoms with Gasteiger partial charge in [-0.25, -0.2) is 9.59 Å². The van der Waals surface area contributed by atoms with E-state index in [1.54, 1.807) is 23.5 Å². The van der Waals surface area contributed by atoms with Gasteiger partial charge in [0.2, 0.25) is 0 Å². The zero-order chi connectivity index (χ0) is 21.8. The van der Waals surface area contributed by atoms with E-state index < -0.39 is 11.9 Å². The van der Waals surface area contributed by atoms with Crippen molar-refractivity contribution in [1.82, 2.24) is 0 Å². The summed E-state index contributed by atoms with van der Waals surface area (Å²) in [6.07, 6.45) is 2.30. The van der Waals surface area contributed by atoms with E-state index in [1.165, 1.54) is 0 Å². The molecule has 0 unspecified atom stereocenters. The third kappa shape index (κ3) is 8.98. The van der Waals surface area contributed by atoms with Gasteiger partial charge in [0, 0.05) is 23.7 Å². The molecule has 0 heterocycles.